The lowest BCUT2D eigenvalue weighted by Crippen LogP contribution is -2.69. The molecule has 0 aromatic rings. The summed E-state index contributed by atoms with van der Waals surface area (Å²) >= 11 is 0. The van der Waals surface area contributed by atoms with Gasteiger partial charge in [0, 0.05) is 7.11 Å². The maximum absolute atomic E-state index is 11.4. The van der Waals surface area contributed by atoms with Gasteiger partial charge in [0.1, 0.15) is 36.6 Å². The highest BCUT2D eigenvalue weighted by molar-refractivity contribution is 5.05. The Morgan fingerprint density at radius 3 is 0.944 bits per heavy atom. The first-order valence-corrected chi connectivity index (χ1v) is 13.8. The highest BCUT2D eigenvalue weighted by atomic mass is 16.6. The molecule has 0 aliphatic heterocycles. The Kier molecular flexibility index (Phi) is 16.2. The molecule has 0 amide bonds. The lowest BCUT2D eigenvalue weighted by Gasteiger charge is -2.52. The van der Waals surface area contributed by atoms with E-state index in [4.69, 9.17) is 23.7 Å². The average Bonchev–Trinajstić information content (AvgIpc) is 2.58. The molecule has 0 heterocycles. The van der Waals surface area contributed by atoms with E-state index in [2.05, 4.69) is 34.6 Å². The maximum Gasteiger partial charge on any atom is 0.116 e. The topological polar surface area (TPSA) is 66.4 Å². The van der Waals surface area contributed by atoms with Crippen LogP contribution in [0, 0.1) is 5.92 Å². The van der Waals surface area contributed by atoms with Gasteiger partial charge in [0.25, 0.3) is 0 Å². The molecule has 6 unspecified atom stereocenters. The molecular formula is C30H64O6. The number of aliphatic hydroxyl groups excluding tert-OH is 1. The molecule has 0 spiro atoms. The number of rotatable bonds is 5. The van der Waals surface area contributed by atoms with E-state index < -0.39 is 59.0 Å². The van der Waals surface area contributed by atoms with E-state index in [1.54, 1.807) is 7.11 Å². The summed E-state index contributed by atoms with van der Waals surface area (Å²) in [7, 11) is 1.62. The third-order valence-corrected chi connectivity index (χ3v) is 4.20. The maximum atomic E-state index is 11.4. The summed E-state index contributed by atoms with van der Waals surface area (Å²) in [5, 5.41) is 11.4. The number of aliphatic hydroxyl groups is 1. The Morgan fingerprint density at radius 2 is 0.722 bits per heavy atom. The summed E-state index contributed by atoms with van der Waals surface area (Å²) in [4.78, 5) is 0. The van der Waals surface area contributed by atoms with Gasteiger partial charge in [-0.2, -0.15) is 0 Å². The van der Waals surface area contributed by atoms with Gasteiger partial charge in [-0.05, 0) is 89.0 Å². The van der Waals surface area contributed by atoms with Crippen LogP contribution in [-0.4, -0.2) is 71.2 Å². The first-order valence-electron chi connectivity index (χ1n) is 13.8. The van der Waals surface area contributed by atoms with Crippen molar-refractivity contribution < 1.29 is 28.8 Å². The molecule has 0 aromatic carbocycles. The molecule has 1 N–H and O–H groups in total. The number of hydrogen-bond donors (Lipinski definition) is 1. The Hall–Kier alpha value is -0.240. The van der Waals surface area contributed by atoms with Crippen LogP contribution in [0.2, 0.25) is 0 Å². The van der Waals surface area contributed by atoms with E-state index in [9.17, 15) is 5.11 Å². The number of ether oxygens (including phenoxy) is 5. The zero-order chi connectivity index (χ0) is 29.3. The third-order valence-electron chi connectivity index (χ3n) is 4.20. The van der Waals surface area contributed by atoms with Crippen molar-refractivity contribution in [2.45, 2.75) is 183 Å². The van der Waals surface area contributed by atoms with E-state index in [1.165, 1.54) is 6.42 Å². The zero-order valence-electron chi connectivity index (χ0n) is 27.2. The first kappa shape index (κ1) is 37.9. The summed E-state index contributed by atoms with van der Waals surface area (Å²) in [6.45, 7) is 34.5. The summed E-state index contributed by atoms with van der Waals surface area (Å²) in [6, 6.07) is 0. The van der Waals surface area contributed by atoms with Gasteiger partial charge in [-0.3, -0.25) is 0 Å². The minimum atomic E-state index is -0.939. The Balaban J connectivity index is 0. The van der Waals surface area contributed by atoms with Gasteiger partial charge in [-0.15, -0.1) is 0 Å². The van der Waals surface area contributed by atoms with Gasteiger partial charge >= 0.3 is 0 Å². The molecule has 0 radical (unpaired) electrons. The molecule has 1 aliphatic carbocycles. The summed E-state index contributed by atoms with van der Waals surface area (Å²) in [5.74, 6) is 0.833. The van der Waals surface area contributed by atoms with Gasteiger partial charge in [0.2, 0.25) is 0 Å². The van der Waals surface area contributed by atoms with Gasteiger partial charge in [0.05, 0.1) is 22.4 Å². The molecule has 1 fully saturated rings. The lowest BCUT2D eigenvalue weighted by molar-refractivity contribution is -0.316. The predicted octanol–water partition coefficient (Wildman–Crippen LogP) is 7.19. The van der Waals surface area contributed by atoms with Crippen LogP contribution in [0.4, 0.5) is 0 Å². The van der Waals surface area contributed by atoms with Crippen molar-refractivity contribution in [2.24, 2.45) is 5.92 Å². The van der Waals surface area contributed by atoms with Crippen molar-refractivity contribution in [3.63, 3.8) is 0 Å². The highest BCUT2D eigenvalue weighted by Crippen LogP contribution is 2.38. The second-order valence-electron chi connectivity index (χ2n) is 14.4. The fourth-order valence-electron chi connectivity index (χ4n) is 3.58. The van der Waals surface area contributed by atoms with Gasteiger partial charge < -0.3 is 28.8 Å². The summed E-state index contributed by atoms with van der Waals surface area (Å²) in [6.07, 6.45) is -2.49. The van der Waals surface area contributed by atoms with Crippen LogP contribution in [0.5, 0.6) is 0 Å². The molecule has 6 heteroatoms. The molecular weight excluding hydrogens is 456 g/mol. The number of methoxy groups -OCH3 is 1. The van der Waals surface area contributed by atoms with E-state index in [0.29, 0.717) is 0 Å². The van der Waals surface area contributed by atoms with Crippen molar-refractivity contribution in [1.29, 1.82) is 0 Å². The summed E-state index contributed by atoms with van der Waals surface area (Å²) < 4.78 is 31.4. The molecule has 0 aromatic heterocycles. The van der Waals surface area contributed by atoms with Crippen molar-refractivity contribution in [1.82, 2.24) is 0 Å². The smallest absolute Gasteiger partial charge is 0.116 e. The minimum Gasteiger partial charge on any atom is -0.387 e. The van der Waals surface area contributed by atoms with E-state index in [-0.39, 0.29) is 0 Å². The summed E-state index contributed by atoms with van der Waals surface area (Å²) in [5.41, 5.74) is -1.86. The molecule has 6 atom stereocenters. The average molecular weight is 521 g/mol. The van der Waals surface area contributed by atoms with Crippen LogP contribution in [0.25, 0.3) is 0 Å². The standard InChI is InChI=1S/C23H46O6.C4H10.C3H8/c1-20(2,3)26-15-14(24)16(27-21(4,5)6)18(28-22(7,8)9)19(17(15)25-13)29-23(10,11)12;1-4(2)3;1-3-2/h14-19,24H,1-13H3;4H,1-3H3;3H2,1-2H3. The largest absolute Gasteiger partial charge is 0.387 e. The molecule has 220 valence electrons. The van der Waals surface area contributed by atoms with Crippen molar-refractivity contribution in [3.8, 4) is 0 Å². The lowest BCUT2D eigenvalue weighted by atomic mass is 9.82. The zero-order valence-corrected chi connectivity index (χ0v) is 27.2. The van der Waals surface area contributed by atoms with Crippen LogP contribution in [-0.2, 0) is 23.7 Å². The monoisotopic (exact) mass is 520 g/mol. The van der Waals surface area contributed by atoms with Crippen LogP contribution in [0.3, 0.4) is 0 Å². The van der Waals surface area contributed by atoms with E-state index in [1.807, 2.05) is 83.1 Å². The molecule has 1 rings (SSSR count). The van der Waals surface area contributed by atoms with Gasteiger partial charge in [0.15, 0.2) is 0 Å². The quantitative estimate of drug-likeness (QED) is 0.414. The van der Waals surface area contributed by atoms with E-state index in [0.717, 1.165) is 5.92 Å². The highest BCUT2D eigenvalue weighted by Gasteiger charge is 2.56. The minimum absolute atomic E-state index is 0.443. The predicted molar refractivity (Wildman–Crippen MR) is 152 cm³/mol. The van der Waals surface area contributed by atoms with Crippen molar-refractivity contribution >= 4 is 0 Å². The van der Waals surface area contributed by atoms with Crippen molar-refractivity contribution in [2.75, 3.05) is 7.11 Å². The molecule has 1 saturated carbocycles. The molecule has 0 bridgehead atoms. The number of hydrogen-bond acceptors (Lipinski definition) is 6. The van der Waals surface area contributed by atoms with Crippen molar-refractivity contribution in [3.05, 3.63) is 0 Å². The molecule has 36 heavy (non-hydrogen) atoms. The van der Waals surface area contributed by atoms with Crippen LogP contribution in [0.15, 0.2) is 0 Å². The second-order valence-corrected chi connectivity index (χ2v) is 14.4. The van der Waals surface area contributed by atoms with Gasteiger partial charge in [-0.25, -0.2) is 0 Å². The molecule has 6 nitrogen and oxygen atoms in total. The normalized spacial score (nSPS) is 27.7. The SMILES string of the molecule is CC(C)C.CCC.COC1C(OC(C)(C)C)C(O)C(OC(C)(C)C)C(OC(C)(C)C)C1OC(C)(C)C. The van der Waals surface area contributed by atoms with Gasteiger partial charge in [-0.1, -0.05) is 41.0 Å². The van der Waals surface area contributed by atoms with Crippen LogP contribution >= 0.6 is 0 Å². The van der Waals surface area contributed by atoms with Crippen LogP contribution in [0.1, 0.15) is 124 Å². The third kappa shape index (κ3) is 17.3. The molecule has 1 aliphatic rings. The molecule has 0 saturated heterocycles. The second kappa shape index (κ2) is 15.4. The fraction of sp³-hybridized carbons (Fsp3) is 1.00. The Bertz CT molecular complexity index is 559. The fourth-order valence-corrected chi connectivity index (χ4v) is 3.58. The van der Waals surface area contributed by atoms with E-state index >= 15 is 0 Å². The Morgan fingerprint density at radius 1 is 0.528 bits per heavy atom. The van der Waals surface area contributed by atoms with Crippen LogP contribution < -0.4 is 0 Å². The Labute approximate surface area is 225 Å². The first-order chi connectivity index (χ1) is 15.9.